The van der Waals surface area contributed by atoms with E-state index in [9.17, 15) is 8.78 Å². The van der Waals surface area contributed by atoms with Crippen molar-refractivity contribution >= 4 is 0 Å². The summed E-state index contributed by atoms with van der Waals surface area (Å²) in [5.41, 5.74) is 0.309. The van der Waals surface area contributed by atoms with Crippen LogP contribution in [0.25, 0.3) is 0 Å². The molecule has 0 heterocycles. The zero-order valence-electron chi connectivity index (χ0n) is 12.0. The monoisotopic (exact) mass is 250 g/mol. The minimum atomic E-state index is -2.66. The Morgan fingerprint density at radius 3 is 1.94 bits per heavy atom. The van der Waals surface area contributed by atoms with Crippen LogP contribution in [0.1, 0.15) is 66.7 Å². The number of hydrogen-bond donors (Lipinski definition) is 0. The Kier molecular flexibility index (Phi) is 7.22. The van der Waals surface area contributed by atoms with Gasteiger partial charge < -0.3 is 4.74 Å². The van der Waals surface area contributed by atoms with Gasteiger partial charge in [-0.2, -0.15) is 0 Å². The number of hydrogen-bond acceptors (Lipinski definition) is 1. The Morgan fingerprint density at radius 2 is 1.47 bits per heavy atom. The van der Waals surface area contributed by atoms with Gasteiger partial charge in [-0.05, 0) is 32.1 Å². The molecule has 3 heteroatoms. The summed E-state index contributed by atoms with van der Waals surface area (Å²) in [7, 11) is 0. The van der Waals surface area contributed by atoms with Crippen LogP contribution in [0.15, 0.2) is 0 Å². The molecule has 0 atom stereocenters. The van der Waals surface area contributed by atoms with Crippen LogP contribution in [0.5, 0.6) is 0 Å². The number of unbranched alkanes of at least 4 members (excludes halogenated alkanes) is 2. The lowest BCUT2D eigenvalue weighted by Crippen LogP contribution is -2.25. The first-order chi connectivity index (χ1) is 7.62. The molecule has 0 bridgehead atoms. The highest BCUT2D eigenvalue weighted by Gasteiger charge is 2.28. The van der Waals surface area contributed by atoms with Gasteiger partial charge in [0.15, 0.2) is 0 Å². The summed E-state index contributed by atoms with van der Waals surface area (Å²) in [6.45, 7) is 9.65. The highest BCUT2D eigenvalue weighted by Crippen LogP contribution is 2.26. The molecule has 104 valence electrons. The van der Waals surface area contributed by atoms with Crippen molar-refractivity contribution in [3.63, 3.8) is 0 Å². The van der Waals surface area contributed by atoms with Crippen molar-refractivity contribution in [1.82, 2.24) is 0 Å². The molecule has 0 radical (unpaired) electrons. The molecule has 0 aliphatic carbocycles. The SMILES string of the molecule is CC(C)OCC(F)(F)CCCCCC(C)(C)C. The van der Waals surface area contributed by atoms with Crippen molar-refractivity contribution in [2.75, 3.05) is 6.61 Å². The first-order valence-electron chi connectivity index (χ1n) is 6.62. The lowest BCUT2D eigenvalue weighted by Gasteiger charge is -2.19. The van der Waals surface area contributed by atoms with Gasteiger partial charge >= 0.3 is 0 Å². The van der Waals surface area contributed by atoms with Gasteiger partial charge in [0, 0.05) is 6.42 Å². The molecular weight excluding hydrogens is 222 g/mol. The summed E-state index contributed by atoms with van der Waals surface area (Å²) in [5, 5.41) is 0. The van der Waals surface area contributed by atoms with Crippen LogP contribution in [-0.2, 0) is 4.74 Å². The summed E-state index contributed by atoms with van der Waals surface area (Å²) in [5.74, 6) is -2.66. The van der Waals surface area contributed by atoms with Crippen molar-refractivity contribution in [1.29, 1.82) is 0 Å². The zero-order chi connectivity index (χ0) is 13.5. The van der Waals surface area contributed by atoms with Crippen LogP contribution in [0.4, 0.5) is 8.78 Å². The van der Waals surface area contributed by atoms with Gasteiger partial charge in [0.05, 0.1) is 6.10 Å². The predicted molar refractivity (Wildman–Crippen MR) is 68.6 cm³/mol. The maximum Gasteiger partial charge on any atom is 0.271 e. The van der Waals surface area contributed by atoms with Gasteiger partial charge in [-0.1, -0.05) is 33.6 Å². The maximum atomic E-state index is 13.3. The van der Waals surface area contributed by atoms with E-state index in [2.05, 4.69) is 20.8 Å². The van der Waals surface area contributed by atoms with Crippen molar-refractivity contribution in [2.24, 2.45) is 5.41 Å². The highest BCUT2D eigenvalue weighted by molar-refractivity contribution is 4.67. The van der Waals surface area contributed by atoms with E-state index in [4.69, 9.17) is 4.74 Å². The minimum Gasteiger partial charge on any atom is -0.373 e. The van der Waals surface area contributed by atoms with E-state index in [1.807, 2.05) is 0 Å². The van der Waals surface area contributed by atoms with Gasteiger partial charge in [-0.15, -0.1) is 0 Å². The topological polar surface area (TPSA) is 9.23 Å². The van der Waals surface area contributed by atoms with Crippen molar-refractivity contribution < 1.29 is 13.5 Å². The van der Waals surface area contributed by atoms with Crippen LogP contribution in [-0.4, -0.2) is 18.6 Å². The van der Waals surface area contributed by atoms with Crippen LogP contribution in [0.3, 0.4) is 0 Å². The molecule has 0 aromatic rings. The standard InChI is InChI=1S/C14H28F2O/c1-12(2)17-11-14(15,16)10-8-6-7-9-13(3,4)5/h12H,6-11H2,1-5H3. The summed E-state index contributed by atoms with van der Waals surface area (Å²) in [4.78, 5) is 0. The summed E-state index contributed by atoms with van der Waals surface area (Å²) in [6, 6.07) is 0. The fraction of sp³-hybridized carbons (Fsp3) is 1.00. The number of alkyl halides is 2. The predicted octanol–water partition coefficient (Wildman–Crippen LogP) is 5.04. The van der Waals surface area contributed by atoms with E-state index in [1.165, 1.54) is 0 Å². The molecule has 0 amide bonds. The third kappa shape index (κ3) is 12.1. The average molecular weight is 250 g/mol. The Labute approximate surface area is 105 Å². The first kappa shape index (κ1) is 16.8. The van der Waals surface area contributed by atoms with E-state index in [-0.39, 0.29) is 12.5 Å². The molecule has 17 heavy (non-hydrogen) atoms. The molecule has 0 rings (SSSR count). The molecule has 0 spiro atoms. The highest BCUT2D eigenvalue weighted by atomic mass is 19.3. The van der Waals surface area contributed by atoms with Crippen LogP contribution < -0.4 is 0 Å². The van der Waals surface area contributed by atoms with Gasteiger partial charge in [0.2, 0.25) is 0 Å². The normalized spacial score (nSPS) is 13.4. The fourth-order valence-electron chi connectivity index (χ4n) is 1.58. The third-order valence-corrected chi connectivity index (χ3v) is 2.60. The van der Waals surface area contributed by atoms with E-state index in [0.29, 0.717) is 11.8 Å². The van der Waals surface area contributed by atoms with Crippen molar-refractivity contribution in [3.8, 4) is 0 Å². The molecule has 0 saturated heterocycles. The summed E-state index contributed by atoms with van der Waals surface area (Å²) in [6.07, 6.45) is 3.43. The lowest BCUT2D eigenvalue weighted by atomic mass is 9.89. The van der Waals surface area contributed by atoms with Crippen LogP contribution in [0.2, 0.25) is 0 Å². The summed E-state index contributed by atoms with van der Waals surface area (Å²) < 4.78 is 31.6. The van der Waals surface area contributed by atoms with E-state index in [1.54, 1.807) is 13.8 Å². The first-order valence-corrected chi connectivity index (χ1v) is 6.62. The number of ether oxygens (including phenoxy) is 1. The van der Waals surface area contributed by atoms with Gasteiger partial charge in [-0.25, -0.2) is 8.78 Å². The van der Waals surface area contributed by atoms with Crippen molar-refractivity contribution in [2.45, 2.75) is 78.7 Å². The lowest BCUT2D eigenvalue weighted by molar-refractivity contribution is -0.0978. The molecule has 0 saturated carbocycles. The number of halogens is 2. The Balaban J connectivity index is 3.59. The molecule has 0 aromatic carbocycles. The van der Waals surface area contributed by atoms with E-state index < -0.39 is 12.5 Å². The second-order valence-electron chi connectivity index (χ2n) is 6.34. The summed E-state index contributed by atoms with van der Waals surface area (Å²) >= 11 is 0. The average Bonchev–Trinajstić information content (AvgIpc) is 2.12. The minimum absolute atomic E-state index is 0.0517. The Bertz CT molecular complexity index is 195. The zero-order valence-corrected chi connectivity index (χ0v) is 12.0. The molecule has 1 nitrogen and oxygen atoms in total. The molecular formula is C14H28F2O. The quantitative estimate of drug-likeness (QED) is 0.548. The molecule has 0 aromatic heterocycles. The molecule has 0 fully saturated rings. The van der Waals surface area contributed by atoms with Gasteiger partial charge in [0.25, 0.3) is 5.92 Å². The third-order valence-electron chi connectivity index (χ3n) is 2.60. The fourth-order valence-corrected chi connectivity index (χ4v) is 1.58. The van der Waals surface area contributed by atoms with Gasteiger partial charge in [0.1, 0.15) is 6.61 Å². The van der Waals surface area contributed by atoms with Gasteiger partial charge in [-0.3, -0.25) is 0 Å². The van der Waals surface area contributed by atoms with E-state index >= 15 is 0 Å². The van der Waals surface area contributed by atoms with Crippen molar-refractivity contribution in [3.05, 3.63) is 0 Å². The van der Waals surface area contributed by atoms with Crippen LogP contribution >= 0.6 is 0 Å². The molecule has 0 aliphatic rings. The Hall–Kier alpha value is -0.180. The maximum absolute atomic E-state index is 13.3. The Morgan fingerprint density at radius 1 is 0.941 bits per heavy atom. The molecule has 0 N–H and O–H groups in total. The van der Waals surface area contributed by atoms with E-state index in [0.717, 1.165) is 19.3 Å². The smallest absolute Gasteiger partial charge is 0.271 e. The molecule has 0 unspecified atom stereocenters. The molecule has 0 aliphatic heterocycles. The largest absolute Gasteiger partial charge is 0.373 e. The number of rotatable bonds is 8. The second-order valence-corrected chi connectivity index (χ2v) is 6.34. The second kappa shape index (κ2) is 7.30. The van der Waals surface area contributed by atoms with Crippen LogP contribution in [0, 0.1) is 5.41 Å².